The molecule has 0 saturated carbocycles. The van der Waals surface area contributed by atoms with Crippen molar-refractivity contribution in [3.05, 3.63) is 70.8 Å². The Hall–Kier alpha value is -1.65. The number of nitrogens with zero attached hydrogens (tertiary/aromatic N) is 1. The van der Waals surface area contributed by atoms with Crippen LogP contribution in [0.25, 0.3) is 0 Å². The van der Waals surface area contributed by atoms with Gasteiger partial charge in [-0.25, -0.2) is 18.1 Å². The van der Waals surface area contributed by atoms with Gasteiger partial charge in [0.2, 0.25) is 10.0 Å². The van der Waals surface area contributed by atoms with E-state index in [0.717, 1.165) is 23.2 Å². The van der Waals surface area contributed by atoms with Crippen molar-refractivity contribution in [1.82, 2.24) is 15.4 Å². The van der Waals surface area contributed by atoms with E-state index < -0.39 is 10.0 Å². The quantitative estimate of drug-likeness (QED) is 0.256. The molecule has 166 valence electrons. The van der Waals surface area contributed by atoms with Gasteiger partial charge in [0.05, 0.1) is 12.3 Å². The van der Waals surface area contributed by atoms with Gasteiger partial charge in [-0.3, -0.25) is 0 Å². The molecule has 0 heterocycles. The monoisotopic (exact) mass is 544 g/mol. The first-order valence-corrected chi connectivity index (χ1v) is 11.6. The molecule has 3 N–H and O–H groups in total. The molecule has 0 atom stereocenters. The Balaban J connectivity index is 0.00000450. The van der Waals surface area contributed by atoms with Gasteiger partial charge in [-0.15, -0.1) is 24.0 Å². The molecule has 0 aliphatic rings. The second-order valence-corrected chi connectivity index (χ2v) is 9.09. The summed E-state index contributed by atoms with van der Waals surface area (Å²) in [5.74, 6) is 0.658. The zero-order chi connectivity index (χ0) is 21.3. The highest BCUT2D eigenvalue weighted by atomic mass is 127. The van der Waals surface area contributed by atoms with Crippen LogP contribution < -0.4 is 15.4 Å². The van der Waals surface area contributed by atoms with Crippen molar-refractivity contribution in [3.63, 3.8) is 0 Å². The van der Waals surface area contributed by atoms with E-state index in [0.29, 0.717) is 19.0 Å². The molecule has 6 nitrogen and oxygen atoms in total. The lowest BCUT2D eigenvalue weighted by Crippen LogP contribution is -2.37. The van der Waals surface area contributed by atoms with Crippen LogP contribution in [-0.4, -0.2) is 27.0 Å². The summed E-state index contributed by atoms with van der Waals surface area (Å²) in [6, 6.07) is 15.7. The van der Waals surface area contributed by atoms with Crippen LogP contribution in [0.15, 0.2) is 53.5 Å². The largest absolute Gasteiger partial charge is 0.357 e. The topological polar surface area (TPSA) is 82.6 Å². The Labute approximate surface area is 198 Å². The van der Waals surface area contributed by atoms with E-state index in [1.165, 1.54) is 5.56 Å². The van der Waals surface area contributed by atoms with Gasteiger partial charge in [0, 0.05) is 19.1 Å². The Morgan fingerprint density at radius 1 is 1.00 bits per heavy atom. The number of sulfonamides is 1. The minimum atomic E-state index is -3.38. The van der Waals surface area contributed by atoms with E-state index in [-0.39, 0.29) is 35.8 Å². The summed E-state index contributed by atoms with van der Waals surface area (Å²) in [4.78, 5) is 4.64. The third-order valence-corrected chi connectivity index (χ3v) is 5.73. The molecule has 0 aliphatic heterocycles. The summed E-state index contributed by atoms with van der Waals surface area (Å²) >= 11 is 0. The lowest BCUT2D eigenvalue weighted by Gasteiger charge is -2.15. The second-order valence-electron chi connectivity index (χ2n) is 7.33. The molecule has 0 fully saturated rings. The van der Waals surface area contributed by atoms with Crippen LogP contribution in [0.3, 0.4) is 0 Å². The Bertz CT molecular complexity index is 913. The summed E-state index contributed by atoms with van der Waals surface area (Å²) in [6.07, 6.45) is 0. The van der Waals surface area contributed by atoms with Gasteiger partial charge in [0.25, 0.3) is 0 Å². The molecule has 0 aliphatic carbocycles. The molecule has 30 heavy (non-hydrogen) atoms. The summed E-state index contributed by atoms with van der Waals surface area (Å²) < 4.78 is 27.3. The summed E-state index contributed by atoms with van der Waals surface area (Å²) in [5, 5.41) is 6.55. The molecule has 0 saturated heterocycles. The van der Waals surface area contributed by atoms with Crippen LogP contribution in [0.1, 0.15) is 43.0 Å². The van der Waals surface area contributed by atoms with Crippen LogP contribution in [0, 0.1) is 6.92 Å². The number of aliphatic imine (C=N–C) groups is 1. The number of aryl methyl sites for hydroxylation is 1. The number of hydrogen-bond donors (Lipinski definition) is 3. The Kier molecular flexibility index (Phi) is 11.4. The van der Waals surface area contributed by atoms with Crippen LogP contribution in [-0.2, 0) is 28.9 Å². The molecule has 0 bridgehead atoms. The molecule has 2 rings (SSSR count). The first kappa shape index (κ1) is 26.4. The van der Waals surface area contributed by atoms with Crippen molar-refractivity contribution in [1.29, 1.82) is 0 Å². The average molecular weight is 545 g/mol. The van der Waals surface area contributed by atoms with Gasteiger partial charge in [-0.1, -0.05) is 54.1 Å². The molecule has 0 spiro atoms. The Morgan fingerprint density at radius 2 is 1.63 bits per heavy atom. The molecule has 2 aromatic carbocycles. The van der Waals surface area contributed by atoms with Crippen molar-refractivity contribution in [2.75, 3.05) is 6.54 Å². The fraction of sp³-hybridized carbons (Fsp3) is 0.409. The van der Waals surface area contributed by atoms with Crippen molar-refractivity contribution in [2.24, 2.45) is 4.99 Å². The van der Waals surface area contributed by atoms with E-state index in [4.69, 9.17) is 0 Å². The minimum Gasteiger partial charge on any atom is -0.357 e. The third kappa shape index (κ3) is 9.44. The molecule has 2 aromatic rings. The normalized spacial score (nSPS) is 11.8. The minimum absolute atomic E-state index is 0. The van der Waals surface area contributed by atoms with Crippen molar-refractivity contribution in [2.45, 2.75) is 52.6 Å². The molecule has 0 amide bonds. The lowest BCUT2D eigenvalue weighted by molar-refractivity contribution is 0.568. The summed E-state index contributed by atoms with van der Waals surface area (Å²) in [6.45, 7) is 9.52. The number of rotatable bonds is 9. The van der Waals surface area contributed by atoms with Gasteiger partial charge >= 0.3 is 0 Å². The molecule has 0 aromatic heterocycles. The lowest BCUT2D eigenvalue weighted by atomic mass is 10.1. The zero-order valence-corrected chi connectivity index (χ0v) is 21.3. The summed E-state index contributed by atoms with van der Waals surface area (Å²) in [7, 11) is -3.38. The van der Waals surface area contributed by atoms with E-state index in [1.54, 1.807) is 0 Å². The fourth-order valence-corrected chi connectivity index (χ4v) is 4.35. The van der Waals surface area contributed by atoms with E-state index >= 15 is 0 Å². The number of hydrogen-bond acceptors (Lipinski definition) is 3. The zero-order valence-electron chi connectivity index (χ0n) is 18.1. The SMILES string of the molecule is CCNC(=NCc1ccc(C)cc1)NCc1ccccc1CS(=O)(=O)NC(C)C.I. The van der Waals surface area contributed by atoms with Gasteiger partial charge in [-0.2, -0.15) is 0 Å². The maximum Gasteiger partial charge on any atom is 0.216 e. The standard InChI is InChI=1S/C22H32N4O2S.HI/c1-5-23-22(24-14-19-12-10-18(4)11-13-19)25-15-20-8-6-7-9-21(20)16-29(27,28)26-17(2)3;/h6-13,17,26H,5,14-16H2,1-4H3,(H2,23,24,25);1H. The number of benzene rings is 2. The maximum atomic E-state index is 12.3. The average Bonchev–Trinajstić information content (AvgIpc) is 2.65. The molecule has 0 unspecified atom stereocenters. The van der Waals surface area contributed by atoms with Gasteiger partial charge in [0.1, 0.15) is 0 Å². The highest BCUT2D eigenvalue weighted by Crippen LogP contribution is 2.12. The van der Waals surface area contributed by atoms with Crippen LogP contribution >= 0.6 is 24.0 Å². The van der Waals surface area contributed by atoms with Crippen molar-refractivity contribution < 1.29 is 8.42 Å². The number of nitrogens with one attached hydrogen (secondary N) is 3. The van der Waals surface area contributed by atoms with Crippen LogP contribution in [0.2, 0.25) is 0 Å². The van der Waals surface area contributed by atoms with Crippen LogP contribution in [0.4, 0.5) is 0 Å². The molecular formula is C22H33IN4O2S. The van der Waals surface area contributed by atoms with E-state index in [9.17, 15) is 8.42 Å². The second kappa shape index (κ2) is 12.9. The van der Waals surface area contributed by atoms with E-state index in [1.807, 2.05) is 45.0 Å². The molecule has 8 heteroatoms. The highest BCUT2D eigenvalue weighted by molar-refractivity contribution is 14.0. The molecular weight excluding hydrogens is 511 g/mol. The number of halogens is 1. The number of guanidine groups is 1. The first-order valence-electron chi connectivity index (χ1n) is 9.93. The Morgan fingerprint density at radius 3 is 2.23 bits per heavy atom. The van der Waals surface area contributed by atoms with Gasteiger partial charge in [0.15, 0.2) is 5.96 Å². The third-order valence-electron chi connectivity index (χ3n) is 4.21. The highest BCUT2D eigenvalue weighted by Gasteiger charge is 2.15. The van der Waals surface area contributed by atoms with Gasteiger partial charge < -0.3 is 10.6 Å². The van der Waals surface area contributed by atoms with Crippen molar-refractivity contribution >= 4 is 40.0 Å². The van der Waals surface area contributed by atoms with Gasteiger partial charge in [-0.05, 0) is 44.4 Å². The predicted molar refractivity (Wildman–Crippen MR) is 136 cm³/mol. The maximum absolute atomic E-state index is 12.3. The van der Waals surface area contributed by atoms with E-state index in [2.05, 4.69) is 51.5 Å². The predicted octanol–water partition coefficient (Wildman–Crippen LogP) is 3.70. The van der Waals surface area contributed by atoms with Crippen molar-refractivity contribution in [3.8, 4) is 0 Å². The van der Waals surface area contributed by atoms with Crippen LogP contribution in [0.5, 0.6) is 0 Å². The summed E-state index contributed by atoms with van der Waals surface area (Å²) in [5.41, 5.74) is 4.07. The first-order chi connectivity index (χ1) is 13.8. The molecule has 0 radical (unpaired) electrons. The fourth-order valence-electron chi connectivity index (χ4n) is 2.86. The smallest absolute Gasteiger partial charge is 0.216 e.